The molecule has 23 heavy (non-hydrogen) atoms. The van der Waals surface area contributed by atoms with Gasteiger partial charge in [0.25, 0.3) is 5.91 Å². The van der Waals surface area contributed by atoms with E-state index in [0.29, 0.717) is 12.2 Å². The lowest BCUT2D eigenvalue weighted by molar-refractivity contribution is -0.112. The summed E-state index contributed by atoms with van der Waals surface area (Å²) >= 11 is 0. The maximum absolute atomic E-state index is 12.3. The Hall–Kier alpha value is -2.88. The SMILES string of the molecule is C/C(O)=C(/C=NCc1ccccc1)C(=O)Nc1ccccc1C. The number of anilines is 1. The number of aryl methyl sites for hydroxylation is 1. The number of rotatable bonds is 5. The Bertz CT molecular complexity index is 730. The molecule has 0 unspecified atom stereocenters. The number of amides is 1. The first-order valence-corrected chi connectivity index (χ1v) is 7.38. The number of carbonyl (C=O) groups is 1. The van der Waals surface area contributed by atoms with Crippen molar-refractivity contribution in [3.05, 3.63) is 77.1 Å². The predicted octanol–water partition coefficient (Wildman–Crippen LogP) is 4.04. The molecule has 0 radical (unpaired) electrons. The monoisotopic (exact) mass is 308 g/mol. The molecule has 0 atom stereocenters. The summed E-state index contributed by atoms with van der Waals surface area (Å²) in [6, 6.07) is 17.2. The molecule has 0 aromatic heterocycles. The van der Waals surface area contributed by atoms with Gasteiger partial charge in [0.1, 0.15) is 5.76 Å². The predicted molar refractivity (Wildman–Crippen MR) is 93.8 cm³/mol. The van der Waals surface area contributed by atoms with Gasteiger partial charge in [-0.3, -0.25) is 9.79 Å². The van der Waals surface area contributed by atoms with Crippen molar-refractivity contribution in [2.45, 2.75) is 20.4 Å². The van der Waals surface area contributed by atoms with Crippen LogP contribution in [0.2, 0.25) is 0 Å². The molecule has 2 N–H and O–H groups in total. The highest BCUT2D eigenvalue weighted by atomic mass is 16.3. The molecule has 1 amide bonds. The number of para-hydroxylation sites is 1. The van der Waals surface area contributed by atoms with Gasteiger partial charge in [0.2, 0.25) is 0 Å². The van der Waals surface area contributed by atoms with Gasteiger partial charge < -0.3 is 10.4 Å². The number of hydrogen-bond acceptors (Lipinski definition) is 3. The number of carbonyl (C=O) groups excluding carboxylic acids is 1. The fraction of sp³-hybridized carbons (Fsp3) is 0.158. The summed E-state index contributed by atoms with van der Waals surface area (Å²) in [7, 11) is 0. The highest BCUT2D eigenvalue weighted by Gasteiger charge is 2.12. The number of allylic oxidation sites excluding steroid dienone is 1. The zero-order valence-electron chi connectivity index (χ0n) is 13.3. The van der Waals surface area contributed by atoms with E-state index in [1.165, 1.54) is 13.1 Å². The molecule has 0 aliphatic heterocycles. The van der Waals surface area contributed by atoms with E-state index in [1.54, 1.807) is 0 Å². The number of nitrogens with zero attached hydrogens (tertiary/aromatic N) is 1. The van der Waals surface area contributed by atoms with Gasteiger partial charge in [-0.05, 0) is 31.0 Å². The molecule has 0 saturated heterocycles. The van der Waals surface area contributed by atoms with Crippen LogP contribution in [0.4, 0.5) is 5.69 Å². The van der Waals surface area contributed by atoms with E-state index >= 15 is 0 Å². The summed E-state index contributed by atoms with van der Waals surface area (Å²) in [6.07, 6.45) is 1.41. The van der Waals surface area contributed by atoms with E-state index in [9.17, 15) is 9.90 Å². The van der Waals surface area contributed by atoms with E-state index in [0.717, 1.165) is 11.1 Å². The smallest absolute Gasteiger partial charge is 0.260 e. The molecular formula is C19H20N2O2. The van der Waals surface area contributed by atoms with Gasteiger partial charge in [0.15, 0.2) is 0 Å². The van der Waals surface area contributed by atoms with Gasteiger partial charge in [0, 0.05) is 11.9 Å². The van der Waals surface area contributed by atoms with Gasteiger partial charge in [-0.15, -0.1) is 0 Å². The van der Waals surface area contributed by atoms with E-state index < -0.39 is 0 Å². The Balaban J connectivity index is 2.08. The van der Waals surface area contributed by atoms with Gasteiger partial charge in [-0.2, -0.15) is 0 Å². The second kappa shape index (κ2) is 7.94. The first-order chi connectivity index (χ1) is 11.1. The van der Waals surface area contributed by atoms with Gasteiger partial charge in [-0.25, -0.2) is 0 Å². The number of benzene rings is 2. The largest absolute Gasteiger partial charge is 0.512 e. The standard InChI is InChI=1S/C19H20N2O2/c1-14-8-6-7-11-18(14)21-19(23)17(15(2)22)13-20-12-16-9-4-3-5-10-16/h3-11,13,22H,12H2,1-2H3,(H,21,23)/b17-15+,20-13?. The van der Waals surface area contributed by atoms with Crippen molar-refractivity contribution in [1.82, 2.24) is 0 Å². The molecular weight excluding hydrogens is 288 g/mol. The molecule has 0 fully saturated rings. The van der Waals surface area contributed by atoms with E-state index in [-0.39, 0.29) is 17.2 Å². The average molecular weight is 308 g/mol. The van der Waals surface area contributed by atoms with Crippen molar-refractivity contribution in [3.63, 3.8) is 0 Å². The summed E-state index contributed by atoms with van der Waals surface area (Å²) < 4.78 is 0. The molecule has 0 aliphatic rings. The maximum atomic E-state index is 12.3. The van der Waals surface area contributed by atoms with Crippen molar-refractivity contribution in [3.8, 4) is 0 Å². The van der Waals surface area contributed by atoms with Crippen LogP contribution in [0.3, 0.4) is 0 Å². The molecule has 0 saturated carbocycles. The quantitative estimate of drug-likeness (QED) is 0.497. The number of aliphatic hydroxyl groups excluding tert-OH is 1. The number of nitrogens with one attached hydrogen (secondary N) is 1. The molecule has 4 heteroatoms. The zero-order chi connectivity index (χ0) is 16.7. The Kier molecular flexibility index (Phi) is 5.69. The van der Waals surface area contributed by atoms with Crippen LogP contribution in [-0.2, 0) is 11.3 Å². The molecule has 0 aliphatic carbocycles. The van der Waals surface area contributed by atoms with Gasteiger partial charge >= 0.3 is 0 Å². The Labute approximate surface area is 136 Å². The Morgan fingerprint density at radius 1 is 1.13 bits per heavy atom. The summed E-state index contributed by atoms with van der Waals surface area (Å²) in [5.74, 6) is -0.441. The Morgan fingerprint density at radius 3 is 2.43 bits per heavy atom. The zero-order valence-corrected chi connectivity index (χ0v) is 13.3. The minimum Gasteiger partial charge on any atom is -0.512 e. The lowest BCUT2D eigenvalue weighted by atomic mass is 10.1. The van der Waals surface area contributed by atoms with Crippen LogP contribution in [0.25, 0.3) is 0 Å². The van der Waals surface area contributed by atoms with Crippen LogP contribution in [0.1, 0.15) is 18.1 Å². The normalized spacial score (nSPS) is 12.1. The summed E-state index contributed by atoms with van der Waals surface area (Å²) in [4.78, 5) is 16.6. The van der Waals surface area contributed by atoms with Crippen molar-refractivity contribution < 1.29 is 9.90 Å². The van der Waals surface area contributed by atoms with Crippen molar-refractivity contribution in [2.24, 2.45) is 4.99 Å². The topological polar surface area (TPSA) is 61.7 Å². The molecule has 2 aromatic rings. The molecule has 0 heterocycles. The highest BCUT2D eigenvalue weighted by molar-refractivity contribution is 6.18. The number of aliphatic imine (C=N–C) groups is 1. The molecule has 0 bridgehead atoms. The van der Waals surface area contributed by atoms with E-state index in [2.05, 4.69) is 10.3 Å². The van der Waals surface area contributed by atoms with Crippen molar-refractivity contribution in [2.75, 3.05) is 5.32 Å². The second-order valence-electron chi connectivity index (χ2n) is 5.22. The fourth-order valence-corrected chi connectivity index (χ4v) is 2.04. The summed E-state index contributed by atoms with van der Waals surface area (Å²) in [5, 5.41) is 12.5. The van der Waals surface area contributed by atoms with Crippen molar-refractivity contribution in [1.29, 1.82) is 0 Å². The van der Waals surface area contributed by atoms with E-state index in [4.69, 9.17) is 0 Å². The number of hydrogen-bond donors (Lipinski definition) is 2. The number of aliphatic hydroxyl groups is 1. The lowest BCUT2D eigenvalue weighted by Gasteiger charge is -2.09. The lowest BCUT2D eigenvalue weighted by Crippen LogP contribution is -2.17. The van der Waals surface area contributed by atoms with Gasteiger partial charge in [-0.1, -0.05) is 48.5 Å². The maximum Gasteiger partial charge on any atom is 0.260 e. The molecule has 4 nitrogen and oxygen atoms in total. The minimum atomic E-state index is -0.379. The first-order valence-electron chi connectivity index (χ1n) is 7.38. The molecule has 2 aromatic carbocycles. The third-order valence-corrected chi connectivity index (χ3v) is 3.36. The third-order valence-electron chi connectivity index (χ3n) is 3.36. The molecule has 0 spiro atoms. The van der Waals surface area contributed by atoms with Gasteiger partial charge in [0.05, 0.1) is 12.1 Å². The average Bonchev–Trinajstić information content (AvgIpc) is 2.54. The first kappa shape index (κ1) is 16.5. The summed E-state index contributed by atoms with van der Waals surface area (Å²) in [5.41, 5.74) is 2.87. The van der Waals surface area contributed by atoms with Crippen molar-refractivity contribution >= 4 is 17.8 Å². The summed E-state index contributed by atoms with van der Waals surface area (Å²) in [6.45, 7) is 3.84. The van der Waals surface area contributed by atoms with Crippen LogP contribution in [0.15, 0.2) is 70.9 Å². The van der Waals surface area contributed by atoms with Crippen LogP contribution < -0.4 is 5.32 Å². The minimum absolute atomic E-state index is 0.0621. The molecule has 2 rings (SSSR count). The molecule has 118 valence electrons. The van der Waals surface area contributed by atoms with Crippen LogP contribution in [0, 0.1) is 6.92 Å². The van der Waals surface area contributed by atoms with Crippen LogP contribution in [-0.4, -0.2) is 17.2 Å². The Morgan fingerprint density at radius 2 is 1.78 bits per heavy atom. The van der Waals surface area contributed by atoms with E-state index in [1.807, 2.05) is 61.5 Å². The second-order valence-corrected chi connectivity index (χ2v) is 5.22. The van der Waals surface area contributed by atoms with Crippen LogP contribution in [0.5, 0.6) is 0 Å². The fourth-order valence-electron chi connectivity index (χ4n) is 2.04. The third kappa shape index (κ3) is 4.81. The van der Waals surface area contributed by atoms with Crippen LogP contribution >= 0.6 is 0 Å². The highest BCUT2D eigenvalue weighted by Crippen LogP contribution is 2.14.